The van der Waals surface area contributed by atoms with E-state index in [-0.39, 0.29) is 10.6 Å². The van der Waals surface area contributed by atoms with Crippen LogP contribution in [0.25, 0.3) is 10.2 Å². The lowest BCUT2D eigenvalue weighted by Gasteiger charge is -2.31. The average Bonchev–Trinajstić information content (AvgIpc) is 3.31. The number of nitro groups is 1. The van der Waals surface area contributed by atoms with E-state index in [0.717, 1.165) is 57.5 Å². The molecule has 3 aromatic rings. The molecule has 146 valence electrons. The lowest BCUT2D eigenvalue weighted by atomic mass is 10.00. The summed E-state index contributed by atoms with van der Waals surface area (Å²) in [5.74, 6) is 1.75. The van der Waals surface area contributed by atoms with E-state index in [9.17, 15) is 10.1 Å². The molecule has 0 amide bonds. The normalized spacial score (nSPS) is 18.1. The number of aromatic nitrogens is 4. The van der Waals surface area contributed by atoms with Gasteiger partial charge in [-0.15, -0.1) is 21.5 Å². The molecule has 0 bridgehead atoms. The summed E-state index contributed by atoms with van der Waals surface area (Å²) in [6, 6.07) is 5.27. The van der Waals surface area contributed by atoms with Gasteiger partial charge in [-0.25, -0.2) is 4.98 Å². The molecule has 0 radical (unpaired) electrons. The van der Waals surface area contributed by atoms with Crippen LogP contribution < -0.4 is 4.90 Å². The van der Waals surface area contributed by atoms with Crippen molar-refractivity contribution < 1.29 is 4.92 Å². The van der Waals surface area contributed by atoms with Gasteiger partial charge in [-0.3, -0.25) is 14.7 Å². The Balaban J connectivity index is 1.44. The zero-order valence-corrected chi connectivity index (χ0v) is 17.1. The van der Waals surface area contributed by atoms with Crippen molar-refractivity contribution in [2.45, 2.75) is 48.1 Å². The SMILES string of the molecule is CC1CCN(c2nnc(Sc3nc4ccc([N+](=O)[O-])cc4s3)n2C2CC2)CC1. The number of anilines is 1. The lowest BCUT2D eigenvalue weighted by Crippen LogP contribution is -2.34. The molecule has 3 heterocycles. The highest BCUT2D eigenvalue weighted by atomic mass is 32.2. The molecule has 2 aliphatic rings. The fourth-order valence-electron chi connectivity index (χ4n) is 3.54. The van der Waals surface area contributed by atoms with Gasteiger partial charge in [0.1, 0.15) is 0 Å². The third-order valence-corrected chi connectivity index (χ3v) is 7.41. The molecule has 2 aromatic heterocycles. The van der Waals surface area contributed by atoms with Gasteiger partial charge in [0.2, 0.25) is 5.95 Å². The van der Waals surface area contributed by atoms with Crippen molar-refractivity contribution in [1.29, 1.82) is 0 Å². The van der Waals surface area contributed by atoms with E-state index in [0.29, 0.717) is 6.04 Å². The minimum absolute atomic E-state index is 0.0930. The third-order valence-electron chi connectivity index (χ3n) is 5.37. The van der Waals surface area contributed by atoms with Gasteiger partial charge in [-0.2, -0.15) is 0 Å². The van der Waals surface area contributed by atoms with Crippen LogP contribution in [0.1, 0.15) is 38.6 Å². The Bertz CT molecular complexity index is 1040. The maximum absolute atomic E-state index is 11.0. The zero-order chi connectivity index (χ0) is 19.3. The second-order valence-electron chi connectivity index (χ2n) is 7.54. The molecule has 0 atom stereocenters. The first-order chi connectivity index (χ1) is 13.6. The molecule has 0 spiro atoms. The Morgan fingerprint density at radius 3 is 2.71 bits per heavy atom. The van der Waals surface area contributed by atoms with E-state index < -0.39 is 0 Å². The van der Waals surface area contributed by atoms with E-state index in [1.54, 1.807) is 12.1 Å². The zero-order valence-electron chi connectivity index (χ0n) is 15.4. The first-order valence-electron chi connectivity index (χ1n) is 9.51. The smallest absolute Gasteiger partial charge is 0.270 e. The Hall–Kier alpha value is -2.20. The molecule has 5 rings (SSSR count). The standard InChI is InChI=1S/C18H20N6O2S2/c1-11-6-8-22(9-7-11)16-20-21-17(23(16)12-2-3-12)28-18-19-14-5-4-13(24(25)26)10-15(14)27-18/h4-5,10-12H,2-3,6-9H2,1H3. The number of piperidine rings is 1. The van der Waals surface area contributed by atoms with Crippen LogP contribution in [0.3, 0.4) is 0 Å². The van der Waals surface area contributed by atoms with Crippen LogP contribution in [-0.2, 0) is 0 Å². The number of non-ortho nitro benzene ring substituents is 1. The van der Waals surface area contributed by atoms with Crippen LogP contribution in [0.4, 0.5) is 11.6 Å². The summed E-state index contributed by atoms with van der Waals surface area (Å²) in [6.07, 6.45) is 4.71. The Morgan fingerprint density at radius 1 is 1.21 bits per heavy atom. The van der Waals surface area contributed by atoms with Gasteiger partial charge in [0.05, 0.1) is 15.1 Å². The minimum atomic E-state index is -0.374. The van der Waals surface area contributed by atoms with Gasteiger partial charge in [0.15, 0.2) is 9.50 Å². The highest BCUT2D eigenvalue weighted by Gasteiger charge is 2.33. The van der Waals surface area contributed by atoms with Crippen molar-refractivity contribution in [2.75, 3.05) is 18.0 Å². The second-order valence-corrected chi connectivity index (χ2v) is 9.79. The number of benzene rings is 1. The fraction of sp³-hybridized carbons (Fsp3) is 0.500. The number of rotatable bonds is 5. The molecule has 2 fully saturated rings. The van der Waals surface area contributed by atoms with E-state index in [1.165, 1.54) is 42.0 Å². The number of nitrogens with zero attached hydrogens (tertiary/aromatic N) is 6. The minimum Gasteiger partial charge on any atom is -0.341 e. The maximum atomic E-state index is 11.0. The molecule has 8 nitrogen and oxygen atoms in total. The molecule has 1 saturated heterocycles. The van der Waals surface area contributed by atoms with Crippen LogP contribution in [0.15, 0.2) is 27.7 Å². The van der Waals surface area contributed by atoms with Crippen LogP contribution >= 0.6 is 23.1 Å². The Morgan fingerprint density at radius 2 is 2.00 bits per heavy atom. The number of thiazole rings is 1. The van der Waals surface area contributed by atoms with E-state index in [2.05, 4.69) is 31.6 Å². The first kappa shape index (κ1) is 17.9. The summed E-state index contributed by atoms with van der Waals surface area (Å²) in [4.78, 5) is 17.6. The van der Waals surface area contributed by atoms with E-state index in [1.807, 2.05) is 0 Å². The summed E-state index contributed by atoms with van der Waals surface area (Å²) < 4.78 is 3.93. The summed E-state index contributed by atoms with van der Waals surface area (Å²) in [6.45, 7) is 4.37. The molecule has 28 heavy (non-hydrogen) atoms. The molecule has 0 N–H and O–H groups in total. The van der Waals surface area contributed by atoms with Gasteiger partial charge in [0, 0.05) is 31.3 Å². The molecular weight excluding hydrogens is 396 g/mol. The fourth-order valence-corrected chi connectivity index (χ4v) is 5.64. The first-order valence-corrected chi connectivity index (χ1v) is 11.1. The quantitative estimate of drug-likeness (QED) is 0.446. The summed E-state index contributed by atoms with van der Waals surface area (Å²) >= 11 is 2.97. The monoisotopic (exact) mass is 416 g/mol. The van der Waals surface area contributed by atoms with Crippen LogP contribution in [0, 0.1) is 16.0 Å². The second kappa shape index (κ2) is 7.00. The predicted molar refractivity (Wildman–Crippen MR) is 109 cm³/mol. The van der Waals surface area contributed by atoms with Crippen molar-refractivity contribution in [3.05, 3.63) is 28.3 Å². The van der Waals surface area contributed by atoms with Gasteiger partial charge >= 0.3 is 0 Å². The van der Waals surface area contributed by atoms with Crippen molar-refractivity contribution in [3.63, 3.8) is 0 Å². The molecule has 1 saturated carbocycles. The Labute approximate surface area is 170 Å². The topological polar surface area (TPSA) is 90.0 Å². The average molecular weight is 417 g/mol. The highest BCUT2D eigenvalue weighted by Crippen LogP contribution is 2.44. The maximum Gasteiger partial charge on any atom is 0.270 e. The molecular formula is C18H20N6O2S2. The molecule has 10 heteroatoms. The van der Waals surface area contributed by atoms with Gasteiger partial charge in [-0.1, -0.05) is 6.92 Å². The van der Waals surface area contributed by atoms with Gasteiger partial charge in [0.25, 0.3) is 5.69 Å². The molecule has 1 aliphatic heterocycles. The highest BCUT2D eigenvalue weighted by molar-refractivity contribution is 8.01. The number of hydrogen-bond acceptors (Lipinski definition) is 8. The van der Waals surface area contributed by atoms with Crippen molar-refractivity contribution in [3.8, 4) is 0 Å². The predicted octanol–water partition coefficient (Wildman–Crippen LogP) is 4.52. The number of fused-ring (bicyclic) bond motifs is 1. The van der Waals surface area contributed by atoms with E-state index in [4.69, 9.17) is 0 Å². The molecule has 0 unspecified atom stereocenters. The summed E-state index contributed by atoms with van der Waals surface area (Å²) in [7, 11) is 0. The van der Waals surface area contributed by atoms with Crippen LogP contribution in [0.5, 0.6) is 0 Å². The summed E-state index contributed by atoms with van der Waals surface area (Å²) in [5, 5.41) is 20.9. The largest absolute Gasteiger partial charge is 0.341 e. The van der Waals surface area contributed by atoms with Gasteiger partial charge in [-0.05, 0) is 49.4 Å². The van der Waals surface area contributed by atoms with Crippen LogP contribution in [0.2, 0.25) is 0 Å². The van der Waals surface area contributed by atoms with E-state index >= 15 is 0 Å². The van der Waals surface area contributed by atoms with Crippen LogP contribution in [-0.4, -0.2) is 37.8 Å². The third kappa shape index (κ3) is 3.35. The number of nitro benzene ring substituents is 1. The summed E-state index contributed by atoms with van der Waals surface area (Å²) in [5.41, 5.74) is 0.872. The lowest BCUT2D eigenvalue weighted by molar-refractivity contribution is -0.384. The molecule has 1 aromatic carbocycles. The Kier molecular flexibility index (Phi) is 4.47. The van der Waals surface area contributed by atoms with Gasteiger partial charge < -0.3 is 4.90 Å². The number of hydrogen-bond donors (Lipinski definition) is 0. The van der Waals surface area contributed by atoms with Crippen molar-refractivity contribution in [1.82, 2.24) is 19.7 Å². The van der Waals surface area contributed by atoms with Crippen molar-refractivity contribution >= 4 is 45.0 Å². The van der Waals surface area contributed by atoms with Crippen molar-refractivity contribution in [2.24, 2.45) is 5.92 Å². The molecule has 1 aliphatic carbocycles.